The number of nitrogens with zero attached hydrogens (tertiary/aromatic N) is 3. The number of ether oxygens (including phenoxy) is 2. The van der Waals surface area contributed by atoms with E-state index in [-0.39, 0.29) is 29.4 Å². The number of aromatic amines is 1. The van der Waals surface area contributed by atoms with Crippen LogP contribution in [0.1, 0.15) is 67.4 Å². The molecule has 276 valence electrons. The van der Waals surface area contributed by atoms with Gasteiger partial charge >= 0.3 is 6.09 Å². The zero-order chi connectivity index (χ0) is 36.8. The SMILES string of the molecule is CC(=O)C1CCN(C(=O)CCCCCNC(=O)Oc2cc3c(c4ccccc24)[C@H](CCl)CN3C(=O)c2cc3cc(OCCN(C)C)ccc3[nH]2)CC1. The van der Waals surface area contributed by atoms with E-state index in [9.17, 15) is 19.2 Å². The van der Waals surface area contributed by atoms with E-state index in [2.05, 4.69) is 15.2 Å². The summed E-state index contributed by atoms with van der Waals surface area (Å²) in [5, 5.41) is 5.36. The number of fused-ring (bicyclic) bond motifs is 4. The standard InChI is InChI=1S/C40H48ClN5O6/c1-26(47)27-14-17-45(18-15-27)37(48)11-5-4-8-16-42-40(50)52-36-23-35-38(32-10-7-6-9-31(32)36)29(24-41)25-46(35)39(49)34-22-28-21-30(12-13-33(28)43-34)51-20-19-44(2)3/h6-7,9-10,12-13,21-23,27,29,43H,4-5,8,11,14-20,24-25H2,1-3H3,(H,42,50)/t29-/m1/s1. The summed E-state index contributed by atoms with van der Waals surface area (Å²) in [4.78, 5) is 60.2. The number of H-pyrrole nitrogens is 1. The Morgan fingerprint density at radius 1 is 0.981 bits per heavy atom. The van der Waals surface area contributed by atoms with E-state index in [1.54, 1.807) is 17.9 Å². The molecule has 3 aromatic carbocycles. The number of Topliss-reactive ketones (excluding diaryl/α,β-unsaturated/α-hetero) is 1. The number of hydrogen-bond donors (Lipinski definition) is 2. The van der Waals surface area contributed by atoms with Gasteiger partial charge in [-0.25, -0.2) is 4.79 Å². The fourth-order valence-electron chi connectivity index (χ4n) is 7.22. The molecule has 52 heavy (non-hydrogen) atoms. The minimum absolute atomic E-state index is 0.0762. The maximum Gasteiger partial charge on any atom is 0.412 e. The molecule has 2 aliphatic rings. The Hall–Kier alpha value is -4.61. The third-order valence-electron chi connectivity index (χ3n) is 10.2. The molecule has 0 aliphatic carbocycles. The van der Waals surface area contributed by atoms with Crippen molar-refractivity contribution in [3.63, 3.8) is 0 Å². The van der Waals surface area contributed by atoms with Gasteiger partial charge in [0.1, 0.15) is 29.6 Å². The summed E-state index contributed by atoms with van der Waals surface area (Å²) in [6.45, 7) is 5.06. The second kappa shape index (κ2) is 16.8. The lowest BCUT2D eigenvalue weighted by Crippen LogP contribution is -2.39. The highest BCUT2D eigenvalue weighted by Crippen LogP contribution is 2.46. The number of piperidine rings is 1. The predicted octanol–water partition coefficient (Wildman–Crippen LogP) is 6.72. The van der Waals surface area contributed by atoms with Crippen molar-refractivity contribution in [1.82, 2.24) is 20.1 Å². The first-order valence-corrected chi connectivity index (χ1v) is 18.7. The van der Waals surface area contributed by atoms with Crippen LogP contribution in [-0.2, 0) is 9.59 Å². The third kappa shape index (κ3) is 8.53. The Labute approximate surface area is 309 Å². The lowest BCUT2D eigenvalue weighted by molar-refractivity contribution is -0.134. The number of aromatic nitrogens is 1. The highest BCUT2D eigenvalue weighted by atomic mass is 35.5. The zero-order valence-corrected chi connectivity index (χ0v) is 31.0. The van der Waals surface area contributed by atoms with Gasteiger partial charge in [-0.15, -0.1) is 11.6 Å². The number of rotatable bonds is 14. The molecular weight excluding hydrogens is 682 g/mol. The summed E-state index contributed by atoms with van der Waals surface area (Å²) in [6, 6.07) is 17.0. The fourth-order valence-corrected chi connectivity index (χ4v) is 7.47. The predicted molar refractivity (Wildman–Crippen MR) is 204 cm³/mol. The lowest BCUT2D eigenvalue weighted by Gasteiger charge is -2.31. The molecule has 6 rings (SSSR count). The van der Waals surface area contributed by atoms with Gasteiger partial charge in [0.25, 0.3) is 5.91 Å². The highest BCUT2D eigenvalue weighted by molar-refractivity contribution is 6.19. The van der Waals surface area contributed by atoms with Crippen molar-refractivity contribution in [3.05, 3.63) is 65.9 Å². The van der Waals surface area contributed by atoms with Crippen molar-refractivity contribution in [1.29, 1.82) is 0 Å². The maximum absolute atomic E-state index is 14.1. The largest absolute Gasteiger partial charge is 0.492 e. The highest BCUT2D eigenvalue weighted by Gasteiger charge is 2.36. The Balaban J connectivity index is 1.09. The van der Waals surface area contributed by atoms with E-state index < -0.39 is 6.09 Å². The van der Waals surface area contributed by atoms with E-state index in [1.165, 1.54) is 0 Å². The number of amides is 3. The zero-order valence-electron chi connectivity index (χ0n) is 30.2. The molecule has 2 aliphatic heterocycles. The maximum atomic E-state index is 14.1. The molecule has 2 N–H and O–H groups in total. The van der Waals surface area contributed by atoms with Gasteiger partial charge in [0.05, 0.1) is 5.69 Å². The van der Waals surface area contributed by atoms with Crippen LogP contribution in [0.5, 0.6) is 11.5 Å². The summed E-state index contributed by atoms with van der Waals surface area (Å²) >= 11 is 6.49. The number of carbonyl (C=O) groups is 4. The van der Waals surface area contributed by atoms with Crippen molar-refractivity contribution in [2.24, 2.45) is 5.92 Å². The third-order valence-corrected chi connectivity index (χ3v) is 10.5. The number of likely N-dealkylation sites (N-methyl/N-ethyl adjacent to an activating group) is 1. The second-order valence-corrected chi connectivity index (χ2v) is 14.4. The molecule has 1 saturated heterocycles. The number of halogens is 1. The van der Waals surface area contributed by atoms with Gasteiger partial charge in [0, 0.05) is 79.2 Å². The molecule has 3 amide bonds. The van der Waals surface area contributed by atoms with Crippen molar-refractivity contribution in [2.75, 3.05) is 64.2 Å². The number of benzene rings is 3. The summed E-state index contributed by atoms with van der Waals surface area (Å²) in [5.41, 5.74) is 2.89. The molecule has 1 atom stereocenters. The minimum atomic E-state index is -0.585. The van der Waals surface area contributed by atoms with Crippen LogP contribution >= 0.6 is 11.6 Å². The first-order chi connectivity index (χ1) is 25.1. The molecule has 0 saturated carbocycles. The van der Waals surface area contributed by atoms with Crippen LogP contribution in [0.15, 0.2) is 54.6 Å². The Morgan fingerprint density at radius 2 is 1.75 bits per heavy atom. The van der Waals surface area contributed by atoms with Gasteiger partial charge in [-0.1, -0.05) is 30.7 Å². The molecule has 0 bridgehead atoms. The number of nitrogens with one attached hydrogen (secondary N) is 2. The van der Waals surface area contributed by atoms with Gasteiger partial charge in [0.15, 0.2) is 0 Å². The van der Waals surface area contributed by atoms with Gasteiger partial charge in [-0.05, 0) is 81.9 Å². The first-order valence-electron chi connectivity index (χ1n) is 18.2. The number of likely N-dealkylation sites (tertiary alicyclic amines) is 1. The minimum Gasteiger partial charge on any atom is -0.492 e. The van der Waals surface area contributed by atoms with E-state index in [1.807, 2.05) is 67.5 Å². The van der Waals surface area contributed by atoms with Gasteiger partial charge in [0.2, 0.25) is 5.91 Å². The van der Waals surface area contributed by atoms with Crippen LogP contribution in [0.4, 0.5) is 10.5 Å². The topological polar surface area (TPSA) is 124 Å². The number of alkyl halides is 1. The van der Waals surface area contributed by atoms with Crippen molar-refractivity contribution in [2.45, 2.75) is 51.4 Å². The molecule has 1 fully saturated rings. The van der Waals surface area contributed by atoms with Crippen LogP contribution in [0.3, 0.4) is 0 Å². The van der Waals surface area contributed by atoms with Crippen molar-refractivity contribution < 1.29 is 28.7 Å². The number of carbonyl (C=O) groups excluding carboxylic acids is 4. The molecule has 11 nitrogen and oxygen atoms in total. The molecular formula is C40H48ClN5O6. The number of anilines is 1. The lowest BCUT2D eigenvalue weighted by atomic mass is 9.93. The molecule has 12 heteroatoms. The number of unbranched alkanes of at least 4 members (excludes halogenated alkanes) is 2. The van der Waals surface area contributed by atoms with Gasteiger partial charge in [-0.2, -0.15) is 0 Å². The summed E-state index contributed by atoms with van der Waals surface area (Å²) in [7, 11) is 3.99. The number of hydrogen-bond acceptors (Lipinski definition) is 7. The summed E-state index contributed by atoms with van der Waals surface area (Å²) < 4.78 is 11.8. The second-order valence-electron chi connectivity index (χ2n) is 14.1. The van der Waals surface area contributed by atoms with Crippen LogP contribution in [0.2, 0.25) is 0 Å². The average Bonchev–Trinajstić information content (AvgIpc) is 3.74. The summed E-state index contributed by atoms with van der Waals surface area (Å²) in [6.07, 6.45) is 3.57. The van der Waals surface area contributed by atoms with Gasteiger partial charge < -0.3 is 34.5 Å². The van der Waals surface area contributed by atoms with Crippen LogP contribution in [-0.4, -0.2) is 97.8 Å². The van der Waals surface area contributed by atoms with Crippen LogP contribution in [0.25, 0.3) is 21.7 Å². The monoisotopic (exact) mass is 729 g/mol. The van der Waals surface area contributed by atoms with Crippen LogP contribution in [0, 0.1) is 5.92 Å². The number of ketones is 1. The van der Waals surface area contributed by atoms with Crippen molar-refractivity contribution >= 4 is 62.7 Å². The van der Waals surface area contributed by atoms with E-state index in [0.29, 0.717) is 68.6 Å². The molecule has 0 radical (unpaired) electrons. The Bertz CT molecular complexity index is 1930. The quantitative estimate of drug-likeness (QED) is 0.109. The molecule has 1 aromatic heterocycles. The van der Waals surface area contributed by atoms with Gasteiger partial charge in [-0.3, -0.25) is 14.4 Å². The summed E-state index contributed by atoms with van der Waals surface area (Å²) in [5.74, 6) is 1.52. The average molecular weight is 730 g/mol. The molecule has 0 unspecified atom stereocenters. The normalized spacial score (nSPS) is 16.1. The van der Waals surface area contributed by atoms with E-state index >= 15 is 0 Å². The first kappa shape index (κ1) is 37.2. The Morgan fingerprint density at radius 3 is 2.48 bits per heavy atom. The van der Waals surface area contributed by atoms with E-state index in [0.717, 1.165) is 65.2 Å². The van der Waals surface area contributed by atoms with Crippen LogP contribution < -0.4 is 19.7 Å². The molecule has 3 heterocycles. The smallest absolute Gasteiger partial charge is 0.412 e. The molecule has 4 aromatic rings. The van der Waals surface area contributed by atoms with Crippen molar-refractivity contribution in [3.8, 4) is 11.5 Å². The fraction of sp³-hybridized carbons (Fsp3) is 0.450. The Kier molecular flexibility index (Phi) is 12.0. The molecule has 0 spiro atoms. The van der Waals surface area contributed by atoms with E-state index in [4.69, 9.17) is 21.1 Å².